The molecule has 0 unspecified atom stereocenters. The summed E-state index contributed by atoms with van der Waals surface area (Å²) in [7, 11) is 1.31. The van der Waals surface area contributed by atoms with Crippen molar-refractivity contribution in [2.45, 2.75) is 26.2 Å². The molecule has 1 aliphatic rings. The van der Waals surface area contributed by atoms with Crippen molar-refractivity contribution in [1.82, 2.24) is 10.2 Å². The number of ether oxygens (including phenoxy) is 1. The molecule has 2 rings (SSSR count). The van der Waals surface area contributed by atoms with Crippen molar-refractivity contribution in [3.8, 4) is 6.07 Å². The molecule has 0 fully saturated rings. The smallest absolute Gasteiger partial charge is 0.337 e. The zero-order chi connectivity index (χ0) is 20.7. The molecule has 148 valence electrons. The lowest BCUT2D eigenvalue weighted by Gasteiger charge is -2.25. The van der Waals surface area contributed by atoms with E-state index in [2.05, 4.69) is 16.1 Å². The zero-order valence-electron chi connectivity index (χ0n) is 16.2. The molecule has 7 nitrogen and oxygen atoms in total. The van der Waals surface area contributed by atoms with E-state index in [9.17, 15) is 19.6 Å². The Kier molecular flexibility index (Phi) is 7.64. The lowest BCUT2D eigenvalue weighted by Crippen LogP contribution is -2.34. The van der Waals surface area contributed by atoms with Gasteiger partial charge in [-0.3, -0.25) is 9.59 Å². The van der Waals surface area contributed by atoms with Gasteiger partial charge in [-0.1, -0.05) is 23.9 Å². The monoisotopic (exact) mass is 401 g/mol. The SMILES string of the molecule is CCN(CC)C(=O)CSC1=C(C#N)[C@@H](c2ccc(C(=O)OC)cc2)CC(=O)N1. The Morgan fingerprint density at radius 1 is 1.29 bits per heavy atom. The standard InChI is InChI=1S/C20H23N3O4S/c1-4-23(5-2)18(25)12-28-19-16(11-21)15(10-17(24)22-19)13-6-8-14(9-7-13)20(26)27-3/h6-9,15H,4-5,10,12H2,1-3H3,(H,22,24)/t15-/m1/s1. The summed E-state index contributed by atoms with van der Waals surface area (Å²) in [5, 5.41) is 12.8. The van der Waals surface area contributed by atoms with Gasteiger partial charge < -0.3 is 15.0 Å². The maximum absolute atomic E-state index is 12.2. The van der Waals surface area contributed by atoms with E-state index in [1.54, 1.807) is 29.2 Å². The van der Waals surface area contributed by atoms with Crippen LogP contribution in [0.5, 0.6) is 0 Å². The highest BCUT2D eigenvalue weighted by Crippen LogP contribution is 2.36. The molecule has 1 aromatic rings. The summed E-state index contributed by atoms with van der Waals surface area (Å²) in [5.41, 5.74) is 1.57. The molecule has 2 amide bonds. The van der Waals surface area contributed by atoms with Gasteiger partial charge in [0.2, 0.25) is 11.8 Å². The van der Waals surface area contributed by atoms with E-state index in [4.69, 9.17) is 0 Å². The van der Waals surface area contributed by atoms with Gasteiger partial charge in [0.05, 0.1) is 35.1 Å². The fourth-order valence-corrected chi connectivity index (χ4v) is 3.97. The van der Waals surface area contributed by atoms with Gasteiger partial charge in [-0.2, -0.15) is 5.26 Å². The summed E-state index contributed by atoms with van der Waals surface area (Å²) in [4.78, 5) is 37.7. The molecule has 0 saturated heterocycles. The first-order valence-corrected chi connectivity index (χ1v) is 9.96. The molecular weight excluding hydrogens is 378 g/mol. The second kappa shape index (κ2) is 9.95. The van der Waals surface area contributed by atoms with Crippen LogP contribution in [-0.4, -0.2) is 48.6 Å². The third kappa shape index (κ3) is 4.93. The number of hydrogen-bond donors (Lipinski definition) is 1. The van der Waals surface area contributed by atoms with E-state index < -0.39 is 11.9 Å². The van der Waals surface area contributed by atoms with Crippen molar-refractivity contribution in [1.29, 1.82) is 5.26 Å². The summed E-state index contributed by atoms with van der Waals surface area (Å²) < 4.78 is 4.69. The number of esters is 1. The van der Waals surface area contributed by atoms with Crippen molar-refractivity contribution in [2.75, 3.05) is 26.0 Å². The van der Waals surface area contributed by atoms with Crippen LogP contribution in [0.2, 0.25) is 0 Å². The minimum Gasteiger partial charge on any atom is -0.465 e. The number of thioether (sulfide) groups is 1. The normalized spacial score (nSPS) is 16.2. The number of allylic oxidation sites excluding steroid dienone is 1. The third-order valence-corrected chi connectivity index (χ3v) is 5.55. The average Bonchev–Trinajstić information content (AvgIpc) is 2.72. The summed E-state index contributed by atoms with van der Waals surface area (Å²) >= 11 is 1.17. The molecule has 1 aliphatic heterocycles. The second-order valence-electron chi connectivity index (χ2n) is 6.13. The Morgan fingerprint density at radius 2 is 1.93 bits per heavy atom. The number of carbonyl (C=O) groups excluding carboxylic acids is 3. The van der Waals surface area contributed by atoms with Gasteiger partial charge in [0, 0.05) is 25.4 Å². The zero-order valence-corrected chi connectivity index (χ0v) is 17.0. The molecule has 28 heavy (non-hydrogen) atoms. The average molecular weight is 401 g/mol. The van der Waals surface area contributed by atoms with Gasteiger partial charge in [0.25, 0.3) is 0 Å². The number of rotatable bonds is 7. The number of benzene rings is 1. The highest BCUT2D eigenvalue weighted by atomic mass is 32.2. The highest BCUT2D eigenvalue weighted by molar-refractivity contribution is 8.03. The topological polar surface area (TPSA) is 99.5 Å². The van der Waals surface area contributed by atoms with Crippen molar-refractivity contribution >= 4 is 29.5 Å². The van der Waals surface area contributed by atoms with E-state index in [-0.39, 0.29) is 24.0 Å². The first-order valence-electron chi connectivity index (χ1n) is 8.98. The van der Waals surface area contributed by atoms with E-state index in [1.807, 2.05) is 13.8 Å². The Bertz CT molecular complexity index is 823. The van der Waals surface area contributed by atoms with E-state index in [0.717, 1.165) is 5.56 Å². The quantitative estimate of drug-likeness (QED) is 0.705. The number of nitrogens with one attached hydrogen (secondary N) is 1. The fourth-order valence-electron chi connectivity index (χ4n) is 2.99. The van der Waals surface area contributed by atoms with Crippen molar-refractivity contribution in [3.63, 3.8) is 0 Å². The van der Waals surface area contributed by atoms with E-state index in [0.29, 0.717) is 29.3 Å². The largest absolute Gasteiger partial charge is 0.465 e. The maximum Gasteiger partial charge on any atom is 0.337 e. The Labute approximate surface area is 168 Å². The van der Waals surface area contributed by atoms with Crippen LogP contribution in [-0.2, 0) is 14.3 Å². The first-order chi connectivity index (χ1) is 13.4. The lowest BCUT2D eigenvalue weighted by molar-refractivity contribution is -0.128. The van der Waals surface area contributed by atoms with Crippen molar-refractivity contribution in [2.24, 2.45) is 0 Å². The molecule has 0 aromatic heterocycles. The van der Waals surface area contributed by atoms with Crippen molar-refractivity contribution in [3.05, 3.63) is 46.0 Å². The number of carbonyl (C=O) groups is 3. The Hall–Kier alpha value is -2.79. The number of methoxy groups -OCH3 is 1. The van der Waals surface area contributed by atoms with Gasteiger partial charge in [0.1, 0.15) is 0 Å². The lowest BCUT2D eigenvalue weighted by atomic mass is 9.87. The summed E-state index contributed by atoms with van der Waals surface area (Å²) in [6.07, 6.45) is 0.133. The molecular formula is C20H23N3O4S. The molecule has 0 aliphatic carbocycles. The molecule has 0 spiro atoms. The van der Waals surface area contributed by atoms with Crippen LogP contribution in [0.25, 0.3) is 0 Å². The minimum atomic E-state index is -0.449. The molecule has 8 heteroatoms. The van der Waals surface area contributed by atoms with Crippen LogP contribution in [0.15, 0.2) is 34.9 Å². The predicted molar refractivity (Wildman–Crippen MR) is 106 cm³/mol. The summed E-state index contributed by atoms with van der Waals surface area (Å²) in [5.74, 6) is -0.972. The number of nitriles is 1. The van der Waals surface area contributed by atoms with Gasteiger partial charge in [-0.15, -0.1) is 0 Å². The van der Waals surface area contributed by atoms with Crippen LogP contribution < -0.4 is 5.32 Å². The summed E-state index contributed by atoms with van der Waals surface area (Å²) in [6.45, 7) is 5.04. The summed E-state index contributed by atoms with van der Waals surface area (Å²) in [6, 6.07) is 8.84. The van der Waals surface area contributed by atoms with Crippen LogP contribution >= 0.6 is 11.8 Å². The van der Waals surface area contributed by atoms with Gasteiger partial charge in [-0.25, -0.2) is 4.79 Å². The van der Waals surface area contributed by atoms with E-state index in [1.165, 1.54) is 18.9 Å². The predicted octanol–water partition coefficient (Wildman–Crippen LogP) is 2.41. The second-order valence-corrected chi connectivity index (χ2v) is 7.11. The molecule has 1 heterocycles. The maximum atomic E-state index is 12.2. The van der Waals surface area contributed by atoms with Crippen LogP contribution in [0.1, 0.15) is 42.1 Å². The molecule has 0 radical (unpaired) electrons. The van der Waals surface area contributed by atoms with Crippen LogP contribution in [0.3, 0.4) is 0 Å². The molecule has 0 saturated carbocycles. The Balaban J connectivity index is 2.26. The number of amides is 2. The Morgan fingerprint density at radius 3 is 2.46 bits per heavy atom. The molecule has 0 bridgehead atoms. The molecule has 1 aromatic carbocycles. The molecule has 1 atom stereocenters. The van der Waals surface area contributed by atoms with E-state index >= 15 is 0 Å². The van der Waals surface area contributed by atoms with Gasteiger partial charge in [-0.05, 0) is 31.5 Å². The van der Waals surface area contributed by atoms with Crippen LogP contribution in [0, 0.1) is 11.3 Å². The minimum absolute atomic E-state index is 0.0430. The third-order valence-electron chi connectivity index (χ3n) is 4.55. The number of hydrogen-bond acceptors (Lipinski definition) is 6. The number of nitrogens with zero attached hydrogens (tertiary/aromatic N) is 2. The van der Waals surface area contributed by atoms with Crippen molar-refractivity contribution < 1.29 is 19.1 Å². The first kappa shape index (κ1) is 21.5. The van der Waals surface area contributed by atoms with Crippen LogP contribution in [0.4, 0.5) is 0 Å². The molecule has 1 N–H and O–H groups in total. The van der Waals surface area contributed by atoms with Gasteiger partial charge in [0.15, 0.2) is 0 Å². The fraction of sp³-hybridized carbons (Fsp3) is 0.400. The van der Waals surface area contributed by atoms with Gasteiger partial charge >= 0.3 is 5.97 Å². The highest BCUT2D eigenvalue weighted by Gasteiger charge is 2.30.